The van der Waals surface area contributed by atoms with Crippen LogP contribution in [0.4, 0.5) is 5.69 Å². The number of ether oxygens (including phenoxy) is 2. The van der Waals surface area contributed by atoms with Gasteiger partial charge in [-0.25, -0.2) is 4.79 Å². The minimum atomic E-state index is -0.467. The molecule has 0 unspecified atom stereocenters. The first-order chi connectivity index (χ1) is 13.6. The van der Waals surface area contributed by atoms with E-state index < -0.39 is 5.97 Å². The van der Waals surface area contributed by atoms with Gasteiger partial charge >= 0.3 is 5.97 Å². The second-order valence-electron chi connectivity index (χ2n) is 7.00. The molecule has 2 aromatic carbocycles. The summed E-state index contributed by atoms with van der Waals surface area (Å²) < 4.78 is 10.7. The molecule has 28 heavy (non-hydrogen) atoms. The molecule has 0 heterocycles. The van der Waals surface area contributed by atoms with Gasteiger partial charge in [0.05, 0.1) is 18.4 Å². The Bertz CT molecular complexity index is 823. The van der Waals surface area contributed by atoms with Gasteiger partial charge in [-0.2, -0.15) is 0 Å². The number of carbonyl (C=O) groups is 2. The minimum Gasteiger partial charge on any atom is -0.487 e. The summed E-state index contributed by atoms with van der Waals surface area (Å²) in [5.74, 6) is 0.0312. The smallest absolute Gasteiger partial charge is 0.337 e. The van der Waals surface area contributed by atoms with Gasteiger partial charge in [-0.05, 0) is 49.1 Å². The maximum absolute atomic E-state index is 12.8. The molecule has 0 saturated heterocycles. The molecule has 1 amide bonds. The Morgan fingerprint density at radius 3 is 2.64 bits per heavy atom. The van der Waals surface area contributed by atoms with Gasteiger partial charge in [0.15, 0.2) is 0 Å². The molecule has 0 radical (unpaired) electrons. The van der Waals surface area contributed by atoms with E-state index in [-0.39, 0.29) is 17.7 Å². The van der Waals surface area contributed by atoms with Gasteiger partial charge in [0.1, 0.15) is 12.4 Å². The first kappa shape index (κ1) is 19.9. The molecule has 0 aliphatic heterocycles. The van der Waals surface area contributed by atoms with Crippen molar-refractivity contribution < 1.29 is 19.1 Å². The third-order valence-electron chi connectivity index (χ3n) is 5.19. The maximum Gasteiger partial charge on any atom is 0.337 e. The number of methoxy groups -OCH3 is 1. The highest BCUT2D eigenvalue weighted by molar-refractivity contribution is 5.97. The van der Waals surface area contributed by atoms with Crippen molar-refractivity contribution in [2.24, 2.45) is 17.6 Å². The molecule has 2 aromatic rings. The van der Waals surface area contributed by atoms with Gasteiger partial charge in [-0.1, -0.05) is 36.8 Å². The van der Waals surface area contributed by atoms with Crippen LogP contribution in [0.3, 0.4) is 0 Å². The average molecular weight is 382 g/mol. The molecule has 3 rings (SSSR count). The SMILES string of the molecule is COC(=O)c1ccc(OCc2ccccc2)c(NC(=O)[C@@H]2CCC[C@@H]2CN)c1. The molecule has 6 heteroatoms. The van der Waals surface area contributed by atoms with Gasteiger partial charge in [-0.15, -0.1) is 0 Å². The first-order valence-electron chi connectivity index (χ1n) is 9.52. The molecular weight excluding hydrogens is 356 g/mol. The number of anilines is 1. The van der Waals surface area contributed by atoms with Crippen LogP contribution in [0.2, 0.25) is 0 Å². The van der Waals surface area contributed by atoms with Gasteiger partial charge < -0.3 is 20.5 Å². The Balaban J connectivity index is 1.80. The quantitative estimate of drug-likeness (QED) is 0.717. The topological polar surface area (TPSA) is 90.6 Å². The summed E-state index contributed by atoms with van der Waals surface area (Å²) >= 11 is 0. The van der Waals surface area contributed by atoms with Crippen molar-refractivity contribution in [3.63, 3.8) is 0 Å². The van der Waals surface area contributed by atoms with Crippen LogP contribution in [0.1, 0.15) is 35.2 Å². The van der Waals surface area contributed by atoms with Crippen molar-refractivity contribution in [2.45, 2.75) is 25.9 Å². The molecule has 6 nitrogen and oxygen atoms in total. The summed E-state index contributed by atoms with van der Waals surface area (Å²) in [6.07, 6.45) is 2.79. The van der Waals surface area contributed by atoms with Gasteiger partial charge in [-0.3, -0.25) is 4.79 Å². The zero-order valence-corrected chi connectivity index (χ0v) is 16.0. The summed E-state index contributed by atoms with van der Waals surface area (Å²) in [4.78, 5) is 24.7. The first-order valence-corrected chi connectivity index (χ1v) is 9.52. The highest BCUT2D eigenvalue weighted by Crippen LogP contribution is 2.34. The standard InChI is InChI=1S/C22H26N2O4/c1-27-22(26)16-10-11-20(28-14-15-6-3-2-4-7-15)19(12-16)24-21(25)18-9-5-8-17(18)13-23/h2-4,6-7,10-12,17-18H,5,8-9,13-14,23H2,1H3,(H,24,25)/t17-,18-/m1/s1. The normalized spacial score (nSPS) is 18.5. The third-order valence-corrected chi connectivity index (χ3v) is 5.19. The van der Waals surface area contributed by atoms with E-state index in [9.17, 15) is 9.59 Å². The van der Waals surface area contributed by atoms with E-state index in [0.29, 0.717) is 30.2 Å². The molecule has 0 spiro atoms. The number of benzene rings is 2. The predicted molar refractivity (Wildman–Crippen MR) is 107 cm³/mol. The van der Waals surface area contributed by atoms with E-state index in [2.05, 4.69) is 5.32 Å². The summed E-state index contributed by atoms with van der Waals surface area (Å²) in [5, 5.41) is 2.95. The molecule has 1 aliphatic rings. The Kier molecular flexibility index (Phi) is 6.66. The zero-order valence-electron chi connectivity index (χ0n) is 16.0. The second kappa shape index (κ2) is 9.37. The molecule has 0 aromatic heterocycles. The van der Waals surface area contributed by atoms with Crippen LogP contribution in [0.5, 0.6) is 5.75 Å². The lowest BCUT2D eigenvalue weighted by Gasteiger charge is -2.19. The monoisotopic (exact) mass is 382 g/mol. The Morgan fingerprint density at radius 2 is 1.93 bits per heavy atom. The van der Waals surface area contributed by atoms with Crippen LogP contribution in [-0.2, 0) is 16.1 Å². The van der Waals surface area contributed by atoms with Crippen molar-refractivity contribution in [1.82, 2.24) is 0 Å². The Hall–Kier alpha value is -2.86. The fourth-order valence-corrected chi connectivity index (χ4v) is 3.62. The minimum absolute atomic E-state index is 0.0838. The van der Waals surface area contributed by atoms with Crippen LogP contribution in [0, 0.1) is 11.8 Å². The Morgan fingerprint density at radius 1 is 1.14 bits per heavy atom. The molecule has 1 saturated carbocycles. The van der Waals surface area contributed by atoms with E-state index >= 15 is 0 Å². The number of nitrogens with two attached hydrogens (primary N) is 1. The lowest BCUT2D eigenvalue weighted by molar-refractivity contribution is -0.120. The molecule has 148 valence electrons. The van der Waals surface area contributed by atoms with Gasteiger partial charge in [0, 0.05) is 5.92 Å². The van der Waals surface area contributed by atoms with Crippen LogP contribution < -0.4 is 15.8 Å². The van der Waals surface area contributed by atoms with E-state index in [1.54, 1.807) is 18.2 Å². The van der Waals surface area contributed by atoms with E-state index in [1.165, 1.54) is 7.11 Å². The number of rotatable bonds is 7. The van der Waals surface area contributed by atoms with E-state index in [0.717, 1.165) is 24.8 Å². The fraction of sp³-hybridized carbons (Fsp3) is 0.364. The fourth-order valence-electron chi connectivity index (χ4n) is 3.62. The van der Waals surface area contributed by atoms with Crippen molar-refractivity contribution in [2.75, 3.05) is 19.0 Å². The van der Waals surface area contributed by atoms with Gasteiger partial charge in [0.2, 0.25) is 5.91 Å². The lowest BCUT2D eigenvalue weighted by Crippen LogP contribution is -2.30. The summed E-state index contributed by atoms with van der Waals surface area (Å²) in [7, 11) is 1.32. The van der Waals surface area contributed by atoms with Crippen molar-refractivity contribution >= 4 is 17.6 Å². The number of nitrogens with one attached hydrogen (secondary N) is 1. The van der Waals surface area contributed by atoms with Crippen LogP contribution in [0.15, 0.2) is 48.5 Å². The number of amides is 1. The van der Waals surface area contributed by atoms with E-state index in [1.807, 2.05) is 30.3 Å². The largest absolute Gasteiger partial charge is 0.487 e. The maximum atomic E-state index is 12.8. The number of carbonyl (C=O) groups excluding carboxylic acids is 2. The summed E-state index contributed by atoms with van der Waals surface area (Å²) in [5.41, 5.74) is 7.64. The van der Waals surface area contributed by atoms with Crippen LogP contribution in [-0.4, -0.2) is 25.5 Å². The van der Waals surface area contributed by atoms with Crippen molar-refractivity contribution in [3.05, 3.63) is 59.7 Å². The van der Waals surface area contributed by atoms with Crippen LogP contribution in [0.25, 0.3) is 0 Å². The lowest BCUT2D eigenvalue weighted by atomic mass is 9.95. The summed E-state index contributed by atoms with van der Waals surface area (Å²) in [6, 6.07) is 14.6. The van der Waals surface area contributed by atoms with Gasteiger partial charge in [0.25, 0.3) is 0 Å². The van der Waals surface area contributed by atoms with Crippen molar-refractivity contribution in [1.29, 1.82) is 0 Å². The molecule has 3 N–H and O–H groups in total. The molecule has 2 atom stereocenters. The third kappa shape index (κ3) is 4.70. The molecule has 1 aliphatic carbocycles. The second-order valence-corrected chi connectivity index (χ2v) is 7.00. The van der Waals surface area contributed by atoms with Crippen molar-refractivity contribution in [3.8, 4) is 5.75 Å². The predicted octanol–water partition coefficient (Wildman–Crippen LogP) is 3.37. The van der Waals surface area contributed by atoms with Crippen LogP contribution >= 0.6 is 0 Å². The number of hydrogen-bond donors (Lipinski definition) is 2. The Labute approximate surface area is 165 Å². The molecule has 0 bridgehead atoms. The molecule has 1 fully saturated rings. The highest BCUT2D eigenvalue weighted by Gasteiger charge is 2.32. The highest BCUT2D eigenvalue weighted by atomic mass is 16.5. The van der Waals surface area contributed by atoms with E-state index in [4.69, 9.17) is 15.2 Å². The molecular formula is C22H26N2O4. The number of esters is 1. The zero-order chi connectivity index (χ0) is 19.9. The number of hydrogen-bond acceptors (Lipinski definition) is 5. The summed E-state index contributed by atoms with van der Waals surface area (Å²) in [6.45, 7) is 0.855. The average Bonchev–Trinajstić information content (AvgIpc) is 3.22.